The molecule has 2 heterocycles. The van der Waals surface area contributed by atoms with E-state index in [0.29, 0.717) is 34.6 Å². The van der Waals surface area contributed by atoms with E-state index >= 15 is 0 Å². The van der Waals surface area contributed by atoms with Crippen LogP contribution in [0.25, 0.3) is 16.5 Å². The van der Waals surface area contributed by atoms with Crippen LogP contribution in [0.3, 0.4) is 0 Å². The Morgan fingerprint density at radius 3 is 2.65 bits per heavy atom. The summed E-state index contributed by atoms with van der Waals surface area (Å²) in [7, 11) is 3.24. The van der Waals surface area contributed by atoms with Crippen LogP contribution in [0.1, 0.15) is 25.8 Å². The van der Waals surface area contributed by atoms with Crippen LogP contribution >= 0.6 is 12.6 Å². The lowest BCUT2D eigenvalue weighted by Gasteiger charge is -2.21. The molecule has 192 valence electrons. The molecule has 0 fully saturated rings. The van der Waals surface area contributed by atoms with Gasteiger partial charge in [-0.25, -0.2) is 4.79 Å². The molecule has 0 amide bonds. The van der Waals surface area contributed by atoms with Gasteiger partial charge in [-0.1, -0.05) is 30.9 Å². The van der Waals surface area contributed by atoms with Gasteiger partial charge in [-0.05, 0) is 55.0 Å². The van der Waals surface area contributed by atoms with E-state index in [2.05, 4.69) is 42.8 Å². The van der Waals surface area contributed by atoms with E-state index < -0.39 is 5.63 Å². The Morgan fingerprint density at radius 2 is 1.97 bits per heavy atom. The molecule has 1 aromatic carbocycles. The molecule has 0 saturated carbocycles. The van der Waals surface area contributed by atoms with Gasteiger partial charge in [0, 0.05) is 40.8 Å². The van der Waals surface area contributed by atoms with E-state index in [0.717, 1.165) is 40.2 Å². The zero-order valence-corrected chi connectivity index (χ0v) is 22.4. The third kappa shape index (κ3) is 5.47. The van der Waals surface area contributed by atoms with E-state index in [9.17, 15) is 4.79 Å². The highest BCUT2D eigenvalue weighted by molar-refractivity contribution is 7.83. The molecular formula is C30H31NO5S. The van der Waals surface area contributed by atoms with Gasteiger partial charge in [0.1, 0.15) is 11.3 Å². The van der Waals surface area contributed by atoms with Crippen LogP contribution < -0.4 is 20.4 Å². The van der Waals surface area contributed by atoms with E-state index in [-0.39, 0.29) is 6.10 Å². The van der Waals surface area contributed by atoms with Crippen molar-refractivity contribution in [1.82, 2.24) is 5.32 Å². The average molecular weight is 518 g/mol. The minimum Gasteiger partial charge on any atom is -0.497 e. The van der Waals surface area contributed by atoms with Crippen molar-refractivity contribution in [2.75, 3.05) is 20.8 Å². The van der Waals surface area contributed by atoms with Crippen molar-refractivity contribution in [3.63, 3.8) is 0 Å². The molecule has 6 nitrogen and oxygen atoms in total. The molecule has 1 N–H and O–H groups in total. The third-order valence-electron chi connectivity index (χ3n) is 6.01. The van der Waals surface area contributed by atoms with Crippen molar-refractivity contribution in [1.29, 1.82) is 0 Å². The van der Waals surface area contributed by atoms with Crippen LogP contribution in [-0.2, 0) is 4.74 Å². The number of thiol groups is 1. The number of fused-ring (bicyclic) bond motifs is 2. The molecule has 2 aromatic rings. The zero-order chi connectivity index (χ0) is 26.5. The SMILES string of the molecule is C=CC(=C\S)/C(=C1/NCC=CC2=CCC=C(OC)C=C21)c1cc(=O)oc2cc(OC(C)C)c(OC)cc12. The first-order chi connectivity index (χ1) is 17.9. The van der Waals surface area contributed by atoms with Gasteiger partial charge < -0.3 is 23.9 Å². The van der Waals surface area contributed by atoms with Gasteiger partial charge >= 0.3 is 5.63 Å². The number of rotatable bonds is 7. The van der Waals surface area contributed by atoms with Crippen molar-refractivity contribution in [2.24, 2.45) is 0 Å². The summed E-state index contributed by atoms with van der Waals surface area (Å²) in [6.45, 7) is 8.46. The molecule has 0 atom stereocenters. The highest BCUT2D eigenvalue weighted by Crippen LogP contribution is 2.41. The molecule has 0 saturated heterocycles. The zero-order valence-electron chi connectivity index (χ0n) is 21.5. The van der Waals surface area contributed by atoms with E-state index in [1.165, 1.54) is 6.07 Å². The topological polar surface area (TPSA) is 69.9 Å². The van der Waals surface area contributed by atoms with Gasteiger partial charge in [0.25, 0.3) is 0 Å². The summed E-state index contributed by atoms with van der Waals surface area (Å²) in [6.07, 6.45) is 12.7. The standard InChI is InChI=1S/C30H31NO5S/c1-6-19(17-37)29(30-22-13-21(33-4)11-7-9-20(22)10-8-12-31-30)24-15-28(32)36-25-16-27(35-18(2)3)26(34-5)14-23(24)25/h6,8-11,13-18,31,37H,1,7,12H2,2-5H3/b19-17+,30-29-. The Hall–Kier alpha value is -3.84. The van der Waals surface area contributed by atoms with Crippen molar-refractivity contribution in [3.8, 4) is 11.5 Å². The van der Waals surface area contributed by atoms with Gasteiger partial charge in [0.2, 0.25) is 0 Å². The molecule has 0 bridgehead atoms. The second-order valence-corrected chi connectivity index (χ2v) is 8.99. The Labute approximate surface area is 222 Å². The second kappa shape index (κ2) is 11.5. The second-order valence-electron chi connectivity index (χ2n) is 8.73. The average Bonchev–Trinajstić information content (AvgIpc) is 3.20. The van der Waals surface area contributed by atoms with Gasteiger partial charge in [-0.15, -0.1) is 0 Å². The third-order valence-corrected chi connectivity index (χ3v) is 6.29. The van der Waals surface area contributed by atoms with Crippen LogP contribution in [0.15, 0.2) is 104 Å². The summed E-state index contributed by atoms with van der Waals surface area (Å²) in [6, 6.07) is 5.02. The molecule has 0 spiro atoms. The number of methoxy groups -OCH3 is 2. The largest absolute Gasteiger partial charge is 0.497 e. The molecule has 4 rings (SSSR count). The maximum Gasteiger partial charge on any atom is 0.336 e. The van der Waals surface area contributed by atoms with Gasteiger partial charge in [0.15, 0.2) is 11.5 Å². The van der Waals surface area contributed by atoms with Crippen LogP contribution in [0, 0.1) is 0 Å². The van der Waals surface area contributed by atoms with Gasteiger partial charge in [0.05, 0.1) is 26.0 Å². The molecule has 1 aliphatic heterocycles. The van der Waals surface area contributed by atoms with E-state index in [1.807, 2.05) is 32.1 Å². The fraction of sp³-hybridized carbons (Fsp3) is 0.233. The monoisotopic (exact) mass is 517 g/mol. The molecule has 7 heteroatoms. The normalized spacial score (nSPS) is 17.0. The number of hydrogen-bond donors (Lipinski definition) is 2. The Bertz CT molecular complexity index is 1470. The fourth-order valence-corrected chi connectivity index (χ4v) is 4.65. The molecule has 1 aromatic heterocycles. The van der Waals surface area contributed by atoms with Gasteiger partial charge in [-0.3, -0.25) is 0 Å². The first-order valence-corrected chi connectivity index (χ1v) is 12.5. The number of benzene rings is 1. The lowest BCUT2D eigenvalue weighted by Crippen LogP contribution is -2.17. The molecule has 2 aliphatic rings. The molecule has 0 radical (unpaired) electrons. The van der Waals surface area contributed by atoms with Crippen molar-refractivity contribution < 1.29 is 18.6 Å². The van der Waals surface area contributed by atoms with Crippen LogP contribution in [-0.4, -0.2) is 26.9 Å². The summed E-state index contributed by atoms with van der Waals surface area (Å²) >= 11 is 4.49. The smallest absolute Gasteiger partial charge is 0.336 e. The van der Waals surface area contributed by atoms with Crippen molar-refractivity contribution in [2.45, 2.75) is 26.4 Å². The molecule has 1 aliphatic carbocycles. The number of nitrogens with one attached hydrogen (secondary N) is 1. The number of ether oxygens (including phenoxy) is 3. The van der Waals surface area contributed by atoms with Crippen LogP contribution in [0.5, 0.6) is 11.5 Å². The molecule has 0 unspecified atom stereocenters. The summed E-state index contributed by atoms with van der Waals surface area (Å²) in [5, 5.41) is 5.90. The lowest BCUT2D eigenvalue weighted by atomic mass is 9.89. The van der Waals surface area contributed by atoms with Crippen LogP contribution in [0.2, 0.25) is 0 Å². The Morgan fingerprint density at radius 1 is 1.16 bits per heavy atom. The number of allylic oxidation sites excluding steroid dienone is 8. The quantitative estimate of drug-likeness (QED) is 0.257. The van der Waals surface area contributed by atoms with Crippen molar-refractivity contribution in [3.05, 3.63) is 111 Å². The molecular weight excluding hydrogens is 486 g/mol. The minimum atomic E-state index is -0.487. The van der Waals surface area contributed by atoms with Crippen molar-refractivity contribution >= 4 is 29.2 Å². The first-order valence-electron chi connectivity index (χ1n) is 12.0. The number of hydrogen-bond acceptors (Lipinski definition) is 7. The highest BCUT2D eigenvalue weighted by Gasteiger charge is 2.24. The maximum atomic E-state index is 12.9. The lowest BCUT2D eigenvalue weighted by molar-refractivity contribution is 0.230. The van der Waals surface area contributed by atoms with Crippen LogP contribution in [0.4, 0.5) is 0 Å². The Balaban J connectivity index is 2.11. The predicted molar refractivity (Wildman–Crippen MR) is 152 cm³/mol. The summed E-state index contributed by atoms with van der Waals surface area (Å²) < 4.78 is 22.8. The predicted octanol–water partition coefficient (Wildman–Crippen LogP) is 6.25. The fourth-order valence-electron chi connectivity index (χ4n) is 4.41. The van der Waals surface area contributed by atoms with Gasteiger partial charge in [-0.2, -0.15) is 12.6 Å². The summed E-state index contributed by atoms with van der Waals surface area (Å²) in [5.74, 6) is 1.78. The van der Waals surface area contributed by atoms with E-state index in [1.54, 1.807) is 31.8 Å². The maximum absolute atomic E-state index is 12.9. The van der Waals surface area contributed by atoms with E-state index in [4.69, 9.17) is 18.6 Å². The first kappa shape index (κ1) is 26.2. The summed E-state index contributed by atoms with van der Waals surface area (Å²) in [5.41, 5.74) is 4.81. The highest BCUT2D eigenvalue weighted by atomic mass is 32.1. The molecule has 37 heavy (non-hydrogen) atoms. The minimum absolute atomic E-state index is 0.0866. The Kier molecular flexibility index (Phi) is 8.14. The summed E-state index contributed by atoms with van der Waals surface area (Å²) in [4.78, 5) is 12.9.